The summed E-state index contributed by atoms with van der Waals surface area (Å²) in [5, 5.41) is 13.5. The molecule has 0 unspecified atom stereocenters. The van der Waals surface area contributed by atoms with E-state index < -0.39 is 5.97 Å². The molecule has 0 bridgehead atoms. The average Bonchev–Trinajstić information content (AvgIpc) is 2.84. The first-order valence-corrected chi connectivity index (χ1v) is 5.98. The Morgan fingerprint density at radius 3 is 2.89 bits per heavy atom. The molecular formula is C14H16N2O3. The third-order valence-electron chi connectivity index (χ3n) is 2.91. The van der Waals surface area contributed by atoms with Crippen molar-refractivity contribution in [2.24, 2.45) is 0 Å². The zero-order valence-corrected chi connectivity index (χ0v) is 11.0. The van der Waals surface area contributed by atoms with Gasteiger partial charge in [-0.15, -0.1) is 0 Å². The summed E-state index contributed by atoms with van der Waals surface area (Å²) >= 11 is 0. The largest absolute Gasteiger partial charge is 0.478 e. The predicted molar refractivity (Wildman–Crippen MR) is 71.2 cm³/mol. The maximum absolute atomic E-state index is 11.3. The molecule has 0 atom stereocenters. The highest BCUT2D eigenvalue weighted by Gasteiger charge is 2.15. The number of nitrogens with zero attached hydrogens (tertiary/aromatic N) is 2. The molecule has 0 saturated carbocycles. The molecule has 0 saturated heterocycles. The lowest BCUT2D eigenvalue weighted by Crippen LogP contribution is -2.09. The summed E-state index contributed by atoms with van der Waals surface area (Å²) in [6.45, 7) is 2.99. The third-order valence-corrected chi connectivity index (χ3v) is 2.91. The predicted octanol–water partition coefficient (Wildman–Crippen LogP) is 2.20. The first-order valence-electron chi connectivity index (χ1n) is 5.98. The van der Waals surface area contributed by atoms with Crippen LogP contribution in [0.5, 0.6) is 0 Å². The summed E-state index contributed by atoms with van der Waals surface area (Å²) < 4.78 is 6.78. The molecule has 0 aliphatic heterocycles. The second-order valence-corrected chi connectivity index (χ2v) is 4.29. The summed E-state index contributed by atoms with van der Waals surface area (Å²) in [7, 11) is 1.62. The summed E-state index contributed by atoms with van der Waals surface area (Å²) in [5.41, 5.74) is 2.67. The topological polar surface area (TPSA) is 64.4 Å². The molecule has 1 heterocycles. The minimum absolute atomic E-state index is 0.291. The van der Waals surface area contributed by atoms with E-state index in [1.54, 1.807) is 24.1 Å². The SMILES string of the molecule is COCCn1nccc1-c1ccc(C)cc1C(=O)O. The molecule has 2 rings (SSSR count). The van der Waals surface area contributed by atoms with Crippen LogP contribution in [-0.2, 0) is 11.3 Å². The van der Waals surface area contributed by atoms with Crippen molar-refractivity contribution in [3.05, 3.63) is 41.6 Å². The van der Waals surface area contributed by atoms with Gasteiger partial charge in [-0.2, -0.15) is 5.10 Å². The van der Waals surface area contributed by atoms with E-state index in [1.165, 1.54) is 0 Å². The highest BCUT2D eigenvalue weighted by Crippen LogP contribution is 2.24. The zero-order chi connectivity index (χ0) is 13.8. The zero-order valence-electron chi connectivity index (χ0n) is 11.0. The standard InChI is InChI=1S/C14H16N2O3/c1-10-3-4-11(12(9-10)14(17)18)13-5-6-15-16(13)7-8-19-2/h3-6,9H,7-8H2,1-2H3,(H,17,18). The maximum atomic E-state index is 11.3. The van der Waals surface area contributed by atoms with Gasteiger partial charge < -0.3 is 9.84 Å². The molecule has 2 aromatic rings. The van der Waals surface area contributed by atoms with Gasteiger partial charge in [-0.1, -0.05) is 17.7 Å². The van der Waals surface area contributed by atoms with E-state index in [0.717, 1.165) is 11.3 Å². The molecule has 0 fully saturated rings. The van der Waals surface area contributed by atoms with E-state index in [2.05, 4.69) is 5.10 Å². The fourth-order valence-electron chi connectivity index (χ4n) is 1.98. The van der Waals surface area contributed by atoms with Gasteiger partial charge in [0.25, 0.3) is 0 Å². The number of hydrogen-bond donors (Lipinski definition) is 1. The van der Waals surface area contributed by atoms with Crippen molar-refractivity contribution in [3.63, 3.8) is 0 Å². The fraction of sp³-hybridized carbons (Fsp3) is 0.286. The van der Waals surface area contributed by atoms with E-state index >= 15 is 0 Å². The molecule has 19 heavy (non-hydrogen) atoms. The Kier molecular flexibility index (Phi) is 3.97. The Labute approximate surface area is 111 Å². The van der Waals surface area contributed by atoms with Gasteiger partial charge >= 0.3 is 5.97 Å². The van der Waals surface area contributed by atoms with Gasteiger partial charge in [0.1, 0.15) is 0 Å². The minimum atomic E-state index is -0.932. The summed E-state index contributed by atoms with van der Waals surface area (Å²) in [6.07, 6.45) is 1.66. The molecule has 1 aromatic carbocycles. The van der Waals surface area contributed by atoms with E-state index in [0.29, 0.717) is 24.3 Å². The number of aromatic carboxylic acids is 1. The van der Waals surface area contributed by atoms with Crippen LogP contribution in [0.2, 0.25) is 0 Å². The first kappa shape index (κ1) is 13.3. The molecule has 0 amide bonds. The van der Waals surface area contributed by atoms with E-state index in [1.807, 2.05) is 25.1 Å². The van der Waals surface area contributed by atoms with E-state index in [9.17, 15) is 9.90 Å². The molecule has 0 spiro atoms. The van der Waals surface area contributed by atoms with Crippen molar-refractivity contribution in [3.8, 4) is 11.3 Å². The normalized spacial score (nSPS) is 10.6. The Morgan fingerprint density at radius 1 is 1.42 bits per heavy atom. The first-order chi connectivity index (χ1) is 9.13. The number of hydrogen-bond acceptors (Lipinski definition) is 3. The maximum Gasteiger partial charge on any atom is 0.336 e. The number of rotatable bonds is 5. The van der Waals surface area contributed by atoms with Crippen molar-refractivity contribution in [1.82, 2.24) is 9.78 Å². The van der Waals surface area contributed by atoms with Crippen LogP contribution in [0.1, 0.15) is 15.9 Å². The smallest absolute Gasteiger partial charge is 0.336 e. The van der Waals surface area contributed by atoms with Crippen LogP contribution in [-0.4, -0.2) is 34.6 Å². The number of carbonyl (C=O) groups is 1. The van der Waals surface area contributed by atoms with Gasteiger partial charge in [0, 0.05) is 18.9 Å². The number of carboxylic acid groups (broad SMARTS) is 1. The van der Waals surface area contributed by atoms with Crippen LogP contribution in [0.25, 0.3) is 11.3 Å². The van der Waals surface area contributed by atoms with Gasteiger partial charge in [-0.3, -0.25) is 4.68 Å². The fourth-order valence-corrected chi connectivity index (χ4v) is 1.98. The molecule has 5 heteroatoms. The van der Waals surface area contributed by atoms with Crippen molar-refractivity contribution < 1.29 is 14.6 Å². The molecule has 1 N–H and O–H groups in total. The molecule has 1 aromatic heterocycles. The van der Waals surface area contributed by atoms with E-state index in [-0.39, 0.29) is 0 Å². The van der Waals surface area contributed by atoms with Gasteiger partial charge in [-0.25, -0.2) is 4.79 Å². The van der Waals surface area contributed by atoms with Crippen molar-refractivity contribution in [2.75, 3.05) is 13.7 Å². The average molecular weight is 260 g/mol. The molecule has 0 aliphatic carbocycles. The molecule has 100 valence electrons. The van der Waals surface area contributed by atoms with Crippen LogP contribution >= 0.6 is 0 Å². The summed E-state index contributed by atoms with van der Waals surface area (Å²) in [4.78, 5) is 11.3. The highest BCUT2D eigenvalue weighted by atomic mass is 16.5. The minimum Gasteiger partial charge on any atom is -0.478 e. The van der Waals surface area contributed by atoms with Crippen LogP contribution in [0.15, 0.2) is 30.5 Å². The summed E-state index contributed by atoms with van der Waals surface area (Å²) in [6, 6.07) is 7.20. The second-order valence-electron chi connectivity index (χ2n) is 4.29. The van der Waals surface area contributed by atoms with Crippen LogP contribution in [0.4, 0.5) is 0 Å². The lowest BCUT2D eigenvalue weighted by atomic mass is 10.0. The molecular weight excluding hydrogens is 244 g/mol. The second kappa shape index (κ2) is 5.67. The Balaban J connectivity index is 2.47. The van der Waals surface area contributed by atoms with Crippen LogP contribution < -0.4 is 0 Å². The van der Waals surface area contributed by atoms with Gasteiger partial charge in [0.15, 0.2) is 0 Å². The number of ether oxygens (including phenoxy) is 1. The van der Waals surface area contributed by atoms with E-state index in [4.69, 9.17) is 4.74 Å². The number of carboxylic acids is 1. The Morgan fingerprint density at radius 2 is 2.21 bits per heavy atom. The number of benzene rings is 1. The Hall–Kier alpha value is -2.14. The number of aryl methyl sites for hydroxylation is 1. The lowest BCUT2D eigenvalue weighted by molar-refractivity contribution is 0.0697. The molecule has 5 nitrogen and oxygen atoms in total. The van der Waals surface area contributed by atoms with Crippen molar-refractivity contribution >= 4 is 5.97 Å². The monoisotopic (exact) mass is 260 g/mol. The quantitative estimate of drug-likeness (QED) is 0.895. The van der Waals surface area contributed by atoms with Gasteiger partial charge in [0.2, 0.25) is 0 Å². The number of methoxy groups -OCH3 is 1. The molecule has 0 aliphatic rings. The van der Waals surface area contributed by atoms with Crippen molar-refractivity contribution in [1.29, 1.82) is 0 Å². The van der Waals surface area contributed by atoms with Crippen molar-refractivity contribution in [2.45, 2.75) is 13.5 Å². The Bertz CT molecular complexity index is 590. The van der Waals surface area contributed by atoms with Gasteiger partial charge in [-0.05, 0) is 19.1 Å². The van der Waals surface area contributed by atoms with Crippen LogP contribution in [0.3, 0.4) is 0 Å². The summed E-state index contributed by atoms with van der Waals surface area (Å²) in [5.74, 6) is -0.932. The highest BCUT2D eigenvalue weighted by molar-refractivity contribution is 5.95. The van der Waals surface area contributed by atoms with Crippen LogP contribution in [0, 0.1) is 6.92 Å². The lowest BCUT2D eigenvalue weighted by Gasteiger charge is -2.10. The number of aromatic nitrogens is 2. The third kappa shape index (κ3) is 2.82. The molecule has 0 radical (unpaired) electrons. The van der Waals surface area contributed by atoms with Gasteiger partial charge in [0.05, 0.1) is 24.4 Å².